The number of rotatable bonds is 0. The van der Waals surface area contributed by atoms with Gasteiger partial charge in [-0.25, -0.2) is 0 Å². The summed E-state index contributed by atoms with van der Waals surface area (Å²) in [6.45, 7) is 4.17. The number of hydrogen-bond acceptors (Lipinski definition) is 3. The van der Waals surface area contributed by atoms with Gasteiger partial charge in [0.25, 0.3) is 0 Å². The van der Waals surface area contributed by atoms with Crippen LogP contribution in [0, 0.1) is 13.8 Å². The van der Waals surface area contributed by atoms with Crippen LogP contribution in [0.3, 0.4) is 0 Å². The topological polar surface area (TPSA) is 53.0 Å². The average Bonchev–Trinajstić information content (AvgIpc) is 3.19. The van der Waals surface area contributed by atoms with E-state index in [-0.39, 0.29) is 12.2 Å². The summed E-state index contributed by atoms with van der Waals surface area (Å²) in [5.74, 6) is 0. The zero-order chi connectivity index (χ0) is 13.3. The van der Waals surface area contributed by atoms with Crippen molar-refractivity contribution >= 4 is 10.8 Å². The third-order valence-corrected chi connectivity index (χ3v) is 4.47. The number of ether oxygens (including phenoxy) is 1. The lowest BCUT2D eigenvalue weighted by atomic mass is 9.82. The van der Waals surface area contributed by atoms with E-state index in [1.165, 1.54) is 21.9 Å². The number of aryl methyl sites for hydroxylation is 2. The molecule has 0 aromatic heterocycles. The second kappa shape index (κ2) is 3.57. The molecule has 4 atom stereocenters. The summed E-state index contributed by atoms with van der Waals surface area (Å²) in [6, 6.07) is 8.18. The molecule has 1 heterocycles. The maximum atomic E-state index is 10.2. The van der Waals surface area contributed by atoms with Gasteiger partial charge in [0.05, 0.1) is 0 Å². The monoisotopic (exact) mass is 256 g/mol. The summed E-state index contributed by atoms with van der Waals surface area (Å²) in [7, 11) is 0. The summed E-state index contributed by atoms with van der Waals surface area (Å²) in [5.41, 5.74) is 4.30. The minimum Gasteiger partial charge on any atom is -0.387 e. The van der Waals surface area contributed by atoms with Gasteiger partial charge in [-0.2, -0.15) is 0 Å². The van der Waals surface area contributed by atoms with Crippen LogP contribution < -0.4 is 0 Å². The molecule has 2 aliphatic rings. The third kappa shape index (κ3) is 1.38. The minimum absolute atomic E-state index is 0.0578. The van der Waals surface area contributed by atoms with Crippen LogP contribution in [0.1, 0.15) is 34.5 Å². The predicted molar refractivity (Wildman–Crippen MR) is 72.0 cm³/mol. The molecular formula is C16H16O3. The Bertz CT molecular complexity index is 692. The van der Waals surface area contributed by atoms with Crippen molar-refractivity contribution in [3.8, 4) is 0 Å². The van der Waals surface area contributed by atoms with Crippen LogP contribution in [0.2, 0.25) is 0 Å². The molecule has 0 unspecified atom stereocenters. The summed E-state index contributed by atoms with van der Waals surface area (Å²) in [4.78, 5) is 0. The van der Waals surface area contributed by atoms with Gasteiger partial charge in [-0.1, -0.05) is 24.3 Å². The smallest absolute Gasteiger partial charge is 0.118 e. The number of fused-ring (bicyclic) bond motifs is 5. The van der Waals surface area contributed by atoms with Crippen LogP contribution in [-0.4, -0.2) is 22.4 Å². The zero-order valence-electron chi connectivity index (χ0n) is 10.9. The summed E-state index contributed by atoms with van der Waals surface area (Å²) in [5, 5.41) is 22.6. The molecule has 2 aromatic carbocycles. The van der Waals surface area contributed by atoms with Crippen molar-refractivity contribution in [2.75, 3.05) is 0 Å². The molecule has 1 aliphatic carbocycles. The highest BCUT2D eigenvalue weighted by Gasteiger charge is 2.54. The Morgan fingerprint density at radius 2 is 1.74 bits per heavy atom. The van der Waals surface area contributed by atoms with Gasteiger partial charge in [0, 0.05) is 0 Å². The van der Waals surface area contributed by atoms with E-state index in [1.807, 2.05) is 12.1 Å². The lowest BCUT2D eigenvalue weighted by Crippen LogP contribution is -2.29. The third-order valence-electron chi connectivity index (χ3n) is 4.47. The fraction of sp³-hybridized carbons (Fsp3) is 0.375. The second-order valence-corrected chi connectivity index (χ2v) is 5.65. The Morgan fingerprint density at radius 1 is 1.00 bits per heavy atom. The van der Waals surface area contributed by atoms with Crippen LogP contribution >= 0.6 is 0 Å². The van der Waals surface area contributed by atoms with Crippen LogP contribution in [0.5, 0.6) is 0 Å². The molecule has 1 aliphatic heterocycles. The van der Waals surface area contributed by atoms with Crippen LogP contribution in [0.15, 0.2) is 24.3 Å². The van der Waals surface area contributed by atoms with Crippen molar-refractivity contribution < 1.29 is 14.9 Å². The van der Waals surface area contributed by atoms with Crippen molar-refractivity contribution in [2.45, 2.75) is 38.3 Å². The molecule has 4 rings (SSSR count). The Labute approximate surface area is 111 Å². The number of hydrogen-bond donors (Lipinski definition) is 2. The number of epoxide rings is 1. The second-order valence-electron chi connectivity index (χ2n) is 5.65. The average molecular weight is 256 g/mol. The van der Waals surface area contributed by atoms with Crippen molar-refractivity contribution in [2.24, 2.45) is 0 Å². The minimum atomic E-state index is -0.844. The first kappa shape index (κ1) is 11.4. The molecule has 2 N–H and O–H groups in total. The summed E-state index contributed by atoms with van der Waals surface area (Å²) < 4.78 is 5.58. The Balaban J connectivity index is 2.10. The van der Waals surface area contributed by atoms with E-state index in [1.54, 1.807) is 0 Å². The molecule has 3 heteroatoms. The lowest BCUT2D eigenvalue weighted by molar-refractivity contribution is 0.000103. The van der Waals surface area contributed by atoms with Gasteiger partial charge in [-0.05, 0) is 46.9 Å². The van der Waals surface area contributed by atoms with Crippen LogP contribution in [0.4, 0.5) is 0 Å². The van der Waals surface area contributed by atoms with E-state index < -0.39 is 12.2 Å². The molecule has 0 bridgehead atoms. The van der Waals surface area contributed by atoms with Crippen molar-refractivity contribution in [1.29, 1.82) is 0 Å². The van der Waals surface area contributed by atoms with E-state index in [4.69, 9.17) is 4.74 Å². The van der Waals surface area contributed by atoms with Crippen molar-refractivity contribution in [3.05, 3.63) is 46.5 Å². The normalized spacial score (nSPS) is 32.0. The molecule has 0 spiro atoms. The van der Waals surface area contributed by atoms with Crippen LogP contribution in [-0.2, 0) is 4.74 Å². The van der Waals surface area contributed by atoms with Crippen molar-refractivity contribution in [3.63, 3.8) is 0 Å². The summed E-state index contributed by atoms with van der Waals surface area (Å²) >= 11 is 0. The maximum absolute atomic E-state index is 10.2. The van der Waals surface area contributed by atoms with E-state index in [0.29, 0.717) is 0 Å². The Morgan fingerprint density at radius 3 is 2.53 bits per heavy atom. The standard InChI is InChI=1S/C16H16O3/c1-7-3-4-8(2)11-9(7)5-6-10-12(11)15-16(19-15)14(18)13(10)17/h3-6,13-18H,1-2H3/t13-,14+,15-,16+/m0/s1. The Kier molecular flexibility index (Phi) is 2.14. The van der Waals surface area contributed by atoms with Gasteiger partial charge < -0.3 is 14.9 Å². The SMILES string of the molecule is Cc1ccc(C)c2c3c(ccc12)[C@H](O)[C@@H](O)[C@H]1O[C@@H]31. The molecule has 1 saturated heterocycles. The van der Waals surface area contributed by atoms with Crippen LogP contribution in [0.25, 0.3) is 10.8 Å². The van der Waals surface area contributed by atoms with Gasteiger partial charge in [-0.3, -0.25) is 0 Å². The van der Waals surface area contributed by atoms with Gasteiger partial charge in [0.2, 0.25) is 0 Å². The molecule has 2 aromatic rings. The molecule has 98 valence electrons. The predicted octanol–water partition coefficient (Wildman–Crippen LogP) is 2.30. The molecule has 19 heavy (non-hydrogen) atoms. The largest absolute Gasteiger partial charge is 0.387 e. The van der Waals surface area contributed by atoms with Gasteiger partial charge in [-0.15, -0.1) is 0 Å². The molecule has 0 radical (unpaired) electrons. The summed E-state index contributed by atoms with van der Waals surface area (Å²) in [6.07, 6.45) is -1.95. The highest BCUT2D eigenvalue weighted by Crippen LogP contribution is 2.53. The van der Waals surface area contributed by atoms with E-state index in [9.17, 15) is 10.2 Å². The zero-order valence-corrected chi connectivity index (χ0v) is 10.9. The number of aliphatic hydroxyl groups is 2. The fourth-order valence-corrected chi connectivity index (χ4v) is 3.36. The molecule has 3 nitrogen and oxygen atoms in total. The Hall–Kier alpha value is -1.42. The first-order chi connectivity index (χ1) is 9.09. The molecule has 0 saturated carbocycles. The van der Waals surface area contributed by atoms with Crippen molar-refractivity contribution in [1.82, 2.24) is 0 Å². The van der Waals surface area contributed by atoms with E-state index >= 15 is 0 Å². The fourth-order valence-electron chi connectivity index (χ4n) is 3.36. The quantitative estimate of drug-likeness (QED) is 0.711. The number of aliphatic hydroxyl groups excluding tert-OH is 2. The maximum Gasteiger partial charge on any atom is 0.118 e. The molecule has 1 fully saturated rings. The van der Waals surface area contributed by atoms with Gasteiger partial charge >= 0.3 is 0 Å². The molecule has 0 amide bonds. The highest BCUT2D eigenvalue weighted by molar-refractivity contribution is 5.93. The first-order valence-corrected chi connectivity index (χ1v) is 6.64. The molecular weight excluding hydrogens is 240 g/mol. The van der Waals surface area contributed by atoms with E-state index in [2.05, 4.69) is 26.0 Å². The number of benzene rings is 2. The first-order valence-electron chi connectivity index (χ1n) is 6.64. The van der Waals surface area contributed by atoms with Gasteiger partial charge in [0.1, 0.15) is 24.4 Å². The lowest BCUT2D eigenvalue weighted by Gasteiger charge is -2.25. The highest BCUT2D eigenvalue weighted by atomic mass is 16.6. The van der Waals surface area contributed by atoms with E-state index in [0.717, 1.165) is 11.1 Å². The van der Waals surface area contributed by atoms with Gasteiger partial charge in [0.15, 0.2) is 0 Å².